The average molecular weight is 240 g/mol. The van der Waals surface area contributed by atoms with Crippen molar-refractivity contribution in [1.82, 2.24) is 15.1 Å². The van der Waals surface area contributed by atoms with Gasteiger partial charge in [-0.25, -0.2) is 4.79 Å². The lowest BCUT2D eigenvalue weighted by Gasteiger charge is -2.40. The third-order valence-corrected chi connectivity index (χ3v) is 4.07. The van der Waals surface area contributed by atoms with Crippen LogP contribution >= 0.6 is 0 Å². The number of nitrogens with two attached hydrogens (primary N) is 1. The van der Waals surface area contributed by atoms with Crippen molar-refractivity contribution in [3.05, 3.63) is 0 Å². The molecular formula is C12H24N4O. The summed E-state index contributed by atoms with van der Waals surface area (Å²) in [6.07, 6.45) is 2.53. The minimum atomic E-state index is 0.0827. The molecule has 0 aromatic heterocycles. The fourth-order valence-electron chi connectivity index (χ4n) is 2.97. The molecule has 98 valence electrons. The number of carbonyl (C=O) groups is 1. The summed E-state index contributed by atoms with van der Waals surface area (Å²) in [7, 11) is 0. The third kappa shape index (κ3) is 2.90. The first-order valence-electron chi connectivity index (χ1n) is 6.69. The number of nitrogens with one attached hydrogen (secondary N) is 1. The molecule has 2 aliphatic heterocycles. The Morgan fingerprint density at radius 3 is 2.88 bits per heavy atom. The molecule has 0 radical (unpaired) electrons. The number of amides is 2. The molecular weight excluding hydrogens is 216 g/mol. The minimum Gasteiger partial charge on any atom is -0.336 e. The van der Waals surface area contributed by atoms with Gasteiger partial charge in [0.1, 0.15) is 0 Å². The molecule has 2 heterocycles. The summed E-state index contributed by atoms with van der Waals surface area (Å²) in [6.45, 7) is 7.56. The van der Waals surface area contributed by atoms with Gasteiger partial charge in [-0.15, -0.1) is 0 Å². The van der Waals surface area contributed by atoms with Gasteiger partial charge in [0.15, 0.2) is 0 Å². The summed E-state index contributed by atoms with van der Waals surface area (Å²) >= 11 is 0. The normalized spacial score (nSPS) is 30.7. The van der Waals surface area contributed by atoms with Crippen LogP contribution in [0, 0.1) is 5.92 Å². The highest BCUT2D eigenvalue weighted by Crippen LogP contribution is 2.22. The van der Waals surface area contributed by atoms with E-state index in [0.717, 1.165) is 39.3 Å². The fourth-order valence-corrected chi connectivity index (χ4v) is 2.97. The number of hydrogen-bond donors (Lipinski definition) is 2. The Morgan fingerprint density at radius 2 is 2.24 bits per heavy atom. The number of rotatable bonds is 4. The molecule has 2 rings (SSSR count). The van der Waals surface area contributed by atoms with Crippen molar-refractivity contribution in [3.8, 4) is 0 Å². The number of hydrogen-bond acceptors (Lipinski definition) is 3. The number of nitrogens with zero attached hydrogens (tertiary/aromatic N) is 2. The highest BCUT2D eigenvalue weighted by atomic mass is 16.2. The summed E-state index contributed by atoms with van der Waals surface area (Å²) in [5.74, 6) is 0.682. The molecule has 2 aliphatic rings. The smallest absolute Gasteiger partial charge is 0.317 e. The van der Waals surface area contributed by atoms with Crippen molar-refractivity contribution < 1.29 is 4.79 Å². The maximum Gasteiger partial charge on any atom is 0.317 e. The van der Waals surface area contributed by atoms with E-state index in [4.69, 9.17) is 5.73 Å². The van der Waals surface area contributed by atoms with Gasteiger partial charge < -0.3 is 16.0 Å². The lowest BCUT2D eigenvalue weighted by Crippen LogP contribution is -2.51. The zero-order valence-electron chi connectivity index (χ0n) is 10.7. The number of carbonyl (C=O) groups excluding carboxylic acids is 1. The van der Waals surface area contributed by atoms with Crippen LogP contribution in [0.15, 0.2) is 0 Å². The molecule has 0 spiro atoms. The van der Waals surface area contributed by atoms with Gasteiger partial charge in [-0.3, -0.25) is 4.90 Å². The monoisotopic (exact) mass is 240 g/mol. The van der Waals surface area contributed by atoms with Crippen molar-refractivity contribution in [1.29, 1.82) is 0 Å². The molecule has 0 aliphatic carbocycles. The zero-order chi connectivity index (χ0) is 12.3. The molecule has 2 amide bonds. The van der Waals surface area contributed by atoms with Gasteiger partial charge in [0.2, 0.25) is 0 Å². The van der Waals surface area contributed by atoms with Crippen LogP contribution in [0.4, 0.5) is 4.79 Å². The SMILES string of the molecule is CC1CCCN(CCN2CCNC2=O)C1CN. The quantitative estimate of drug-likeness (QED) is 0.731. The van der Waals surface area contributed by atoms with Crippen LogP contribution in [-0.2, 0) is 0 Å². The molecule has 0 aromatic rings. The Morgan fingerprint density at radius 1 is 1.41 bits per heavy atom. The Balaban J connectivity index is 1.82. The predicted octanol–water partition coefficient (Wildman–Crippen LogP) is 0.0708. The van der Waals surface area contributed by atoms with Gasteiger partial charge in [0.25, 0.3) is 0 Å². The highest BCUT2D eigenvalue weighted by molar-refractivity contribution is 5.76. The van der Waals surface area contributed by atoms with Crippen LogP contribution in [0.1, 0.15) is 19.8 Å². The van der Waals surface area contributed by atoms with Crippen LogP contribution in [0.3, 0.4) is 0 Å². The second kappa shape index (κ2) is 5.69. The van der Waals surface area contributed by atoms with Crippen LogP contribution in [-0.4, -0.2) is 61.1 Å². The zero-order valence-corrected chi connectivity index (χ0v) is 10.7. The van der Waals surface area contributed by atoms with Crippen LogP contribution in [0.25, 0.3) is 0 Å². The van der Waals surface area contributed by atoms with Gasteiger partial charge in [-0.2, -0.15) is 0 Å². The van der Waals surface area contributed by atoms with Crippen molar-refractivity contribution in [2.75, 3.05) is 39.3 Å². The maximum absolute atomic E-state index is 11.4. The first-order chi connectivity index (χ1) is 8.22. The first-order valence-corrected chi connectivity index (χ1v) is 6.69. The number of piperidine rings is 1. The lowest BCUT2D eigenvalue weighted by molar-refractivity contribution is 0.0981. The molecule has 2 atom stereocenters. The Labute approximate surface area is 103 Å². The summed E-state index contributed by atoms with van der Waals surface area (Å²) in [6, 6.07) is 0.578. The maximum atomic E-state index is 11.4. The summed E-state index contributed by atoms with van der Waals surface area (Å²) < 4.78 is 0. The van der Waals surface area contributed by atoms with Crippen LogP contribution < -0.4 is 11.1 Å². The second-order valence-corrected chi connectivity index (χ2v) is 5.18. The van der Waals surface area contributed by atoms with Gasteiger partial charge in [0, 0.05) is 38.8 Å². The van der Waals surface area contributed by atoms with Gasteiger partial charge in [-0.05, 0) is 25.3 Å². The van der Waals surface area contributed by atoms with E-state index in [1.54, 1.807) is 0 Å². The van der Waals surface area contributed by atoms with Crippen LogP contribution in [0.2, 0.25) is 0 Å². The van der Waals surface area contributed by atoms with E-state index in [1.807, 2.05) is 4.90 Å². The van der Waals surface area contributed by atoms with E-state index in [1.165, 1.54) is 12.8 Å². The first kappa shape index (κ1) is 12.6. The molecule has 2 fully saturated rings. The largest absolute Gasteiger partial charge is 0.336 e. The predicted molar refractivity (Wildman–Crippen MR) is 67.8 cm³/mol. The molecule has 3 N–H and O–H groups in total. The third-order valence-electron chi connectivity index (χ3n) is 4.07. The molecule has 2 unspecified atom stereocenters. The Bertz CT molecular complexity index is 271. The van der Waals surface area contributed by atoms with E-state index in [-0.39, 0.29) is 6.03 Å². The van der Waals surface area contributed by atoms with Crippen molar-refractivity contribution in [2.45, 2.75) is 25.8 Å². The van der Waals surface area contributed by atoms with Crippen molar-refractivity contribution in [3.63, 3.8) is 0 Å². The highest BCUT2D eigenvalue weighted by Gasteiger charge is 2.28. The van der Waals surface area contributed by atoms with E-state index in [2.05, 4.69) is 17.1 Å². The Hall–Kier alpha value is -0.810. The molecule has 17 heavy (non-hydrogen) atoms. The van der Waals surface area contributed by atoms with E-state index in [0.29, 0.717) is 12.0 Å². The second-order valence-electron chi connectivity index (χ2n) is 5.18. The fraction of sp³-hybridized carbons (Fsp3) is 0.917. The molecule has 5 nitrogen and oxygen atoms in total. The molecule has 2 saturated heterocycles. The average Bonchev–Trinajstić information content (AvgIpc) is 2.72. The summed E-state index contributed by atoms with van der Waals surface area (Å²) in [4.78, 5) is 15.8. The number of likely N-dealkylation sites (tertiary alicyclic amines) is 1. The van der Waals surface area contributed by atoms with Gasteiger partial charge in [0.05, 0.1) is 0 Å². The van der Waals surface area contributed by atoms with Crippen molar-refractivity contribution in [2.24, 2.45) is 11.7 Å². The van der Waals surface area contributed by atoms with Gasteiger partial charge in [-0.1, -0.05) is 6.92 Å². The van der Waals surface area contributed by atoms with E-state index >= 15 is 0 Å². The molecule has 0 bridgehead atoms. The Kier molecular flexibility index (Phi) is 4.23. The summed E-state index contributed by atoms with van der Waals surface area (Å²) in [5, 5.41) is 2.84. The van der Waals surface area contributed by atoms with E-state index in [9.17, 15) is 4.79 Å². The topological polar surface area (TPSA) is 61.6 Å². The molecule has 0 aromatic carbocycles. The number of urea groups is 1. The summed E-state index contributed by atoms with van der Waals surface area (Å²) in [5.41, 5.74) is 5.86. The van der Waals surface area contributed by atoms with E-state index < -0.39 is 0 Å². The standard InChI is InChI=1S/C12H24N4O/c1-10-3-2-5-15(11(10)9-13)7-8-16-6-4-14-12(16)17/h10-11H,2-9,13H2,1H3,(H,14,17). The van der Waals surface area contributed by atoms with Crippen LogP contribution in [0.5, 0.6) is 0 Å². The minimum absolute atomic E-state index is 0.0827. The molecule has 5 heteroatoms. The van der Waals surface area contributed by atoms with Crippen molar-refractivity contribution >= 4 is 6.03 Å². The molecule has 0 saturated carbocycles. The lowest BCUT2D eigenvalue weighted by atomic mass is 9.91. The van der Waals surface area contributed by atoms with Gasteiger partial charge >= 0.3 is 6.03 Å².